The SMILES string of the molecule is CC/C=C\C/C=C\C/C=C\C/C=C\CCCCCOCC(COP(=O)(O)OCC(N)C(=O)O)OC(=O)CCCCCCCCCCCCCCCCCCC. The van der Waals surface area contributed by atoms with Crippen LogP contribution in [0.1, 0.15) is 181 Å². The summed E-state index contributed by atoms with van der Waals surface area (Å²) in [4.78, 5) is 33.5. The molecule has 0 amide bonds. The predicted octanol–water partition coefficient (Wildman–Crippen LogP) is 11.9. The second-order valence-electron chi connectivity index (χ2n) is 14.4. The molecule has 0 heterocycles. The number of carbonyl (C=O) groups excluding carboxylic acids is 1. The van der Waals surface area contributed by atoms with E-state index in [-0.39, 0.29) is 13.0 Å². The minimum atomic E-state index is -4.62. The van der Waals surface area contributed by atoms with Gasteiger partial charge in [-0.1, -0.05) is 172 Å². The van der Waals surface area contributed by atoms with Crippen LogP contribution in [0.4, 0.5) is 0 Å². The van der Waals surface area contributed by atoms with Crippen molar-refractivity contribution in [2.75, 3.05) is 26.4 Å². The fourth-order valence-corrected chi connectivity index (χ4v) is 6.55. The first-order chi connectivity index (χ1) is 26.7. The van der Waals surface area contributed by atoms with Crippen molar-refractivity contribution < 1.29 is 42.7 Å². The molecular weight excluding hydrogens is 717 g/mol. The van der Waals surface area contributed by atoms with E-state index in [0.717, 1.165) is 70.6 Å². The highest BCUT2D eigenvalue weighted by Crippen LogP contribution is 2.43. The van der Waals surface area contributed by atoms with E-state index >= 15 is 0 Å². The number of aliphatic carboxylic acids is 1. The lowest BCUT2D eigenvalue weighted by Crippen LogP contribution is -2.34. The molecule has 0 radical (unpaired) electrons. The Bertz CT molecular complexity index is 1060. The molecule has 0 saturated carbocycles. The van der Waals surface area contributed by atoms with Gasteiger partial charge in [0.2, 0.25) is 0 Å². The van der Waals surface area contributed by atoms with Crippen molar-refractivity contribution in [1.82, 2.24) is 0 Å². The molecule has 0 rings (SSSR count). The zero-order chi connectivity index (χ0) is 40.5. The molecule has 0 aromatic rings. The number of nitrogens with two attached hydrogens (primary N) is 1. The molecule has 0 fully saturated rings. The van der Waals surface area contributed by atoms with Gasteiger partial charge in [0, 0.05) is 13.0 Å². The number of ether oxygens (including phenoxy) is 2. The van der Waals surface area contributed by atoms with Crippen LogP contribution in [0, 0.1) is 0 Å². The van der Waals surface area contributed by atoms with Crippen LogP contribution < -0.4 is 5.73 Å². The minimum Gasteiger partial charge on any atom is -0.480 e. The highest BCUT2D eigenvalue weighted by atomic mass is 31.2. The van der Waals surface area contributed by atoms with Crippen molar-refractivity contribution in [3.05, 3.63) is 48.6 Å². The summed E-state index contributed by atoms with van der Waals surface area (Å²) in [7, 11) is -4.62. The van der Waals surface area contributed by atoms with Crippen LogP contribution in [0.15, 0.2) is 48.6 Å². The minimum absolute atomic E-state index is 0.00368. The van der Waals surface area contributed by atoms with Gasteiger partial charge in [-0.05, 0) is 51.4 Å². The van der Waals surface area contributed by atoms with Crippen LogP contribution >= 0.6 is 7.82 Å². The lowest BCUT2D eigenvalue weighted by atomic mass is 10.0. The summed E-state index contributed by atoms with van der Waals surface area (Å²) in [6.45, 7) is 3.70. The smallest absolute Gasteiger partial charge is 0.472 e. The lowest BCUT2D eigenvalue weighted by Gasteiger charge is -2.20. The van der Waals surface area contributed by atoms with E-state index in [2.05, 4.69) is 62.5 Å². The number of esters is 1. The molecular formula is C44H80NO9P. The molecule has 3 atom stereocenters. The van der Waals surface area contributed by atoms with Crippen molar-refractivity contribution in [3.63, 3.8) is 0 Å². The zero-order valence-electron chi connectivity index (χ0n) is 34.8. The fraction of sp³-hybridized carbons (Fsp3) is 0.773. The standard InChI is InChI=1S/C44H80NO9P/c1-3-5-7-9-11-13-15-17-19-21-22-24-26-28-30-32-34-36-43(46)54-41(39-52-55(49,50)53-40-42(45)44(47)48)38-51-37-35-33-31-29-27-25-23-20-18-16-14-12-10-8-6-4-2/h6,8,12,14,18,20,25,27,41-42H,3-5,7,9-11,13,15-17,19,21-24,26,28-40,45H2,1-2H3,(H,47,48)(H,49,50)/b8-6-,14-12-,20-18-,27-25-. The van der Waals surface area contributed by atoms with E-state index in [9.17, 15) is 19.0 Å². The number of carbonyl (C=O) groups is 2. The topological polar surface area (TPSA) is 155 Å². The van der Waals surface area contributed by atoms with Crippen LogP contribution in [0.3, 0.4) is 0 Å². The summed E-state index contributed by atoms with van der Waals surface area (Å²) in [6, 6.07) is -1.48. The molecule has 0 spiro atoms. The Morgan fingerprint density at radius 3 is 1.56 bits per heavy atom. The average molecular weight is 798 g/mol. The van der Waals surface area contributed by atoms with Crippen molar-refractivity contribution >= 4 is 19.8 Å². The van der Waals surface area contributed by atoms with Gasteiger partial charge in [0.15, 0.2) is 0 Å². The largest absolute Gasteiger partial charge is 0.480 e. The van der Waals surface area contributed by atoms with Gasteiger partial charge in [-0.15, -0.1) is 0 Å². The van der Waals surface area contributed by atoms with Crippen LogP contribution in [-0.4, -0.2) is 60.5 Å². The number of hydrogen-bond acceptors (Lipinski definition) is 8. The summed E-state index contributed by atoms with van der Waals surface area (Å²) in [6.07, 6.45) is 45.9. The third kappa shape index (κ3) is 39.9. The number of unbranched alkanes of at least 4 members (excludes halogenated alkanes) is 19. The highest BCUT2D eigenvalue weighted by molar-refractivity contribution is 7.47. The van der Waals surface area contributed by atoms with E-state index in [0.29, 0.717) is 13.0 Å². The van der Waals surface area contributed by atoms with Crippen molar-refractivity contribution in [3.8, 4) is 0 Å². The van der Waals surface area contributed by atoms with Crippen molar-refractivity contribution in [2.24, 2.45) is 5.73 Å². The fourth-order valence-electron chi connectivity index (χ4n) is 5.77. The maximum atomic E-state index is 12.6. The third-order valence-electron chi connectivity index (χ3n) is 9.12. The summed E-state index contributed by atoms with van der Waals surface area (Å²) in [5.41, 5.74) is 5.35. The highest BCUT2D eigenvalue weighted by Gasteiger charge is 2.27. The lowest BCUT2D eigenvalue weighted by molar-refractivity contribution is -0.154. The number of phosphoric ester groups is 1. The normalized spacial score (nSPS) is 14.4. The van der Waals surface area contributed by atoms with Gasteiger partial charge in [-0.3, -0.25) is 18.6 Å². The average Bonchev–Trinajstić information content (AvgIpc) is 3.16. The van der Waals surface area contributed by atoms with Gasteiger partial charge < -0.3 is 25.2 Å². The Morgan fingerprint density at radius 2 is 1.05 bits per heavy atom. The van der Waals surface area contributed by atoms with E-state index < -0.39 is 45.1 Å². The first kappa shape index (κ1) is 52.9. The van der Waals surface area contributed by atoms with Crippen LogP contribution in [-0.2, 0) is 32.7 Å². The molecule has 0 bridgehead atoms. The molecule has 55 heavy (non-hydrogen) atoms. The number of allylic oxidation sites excluding steroid dienone is 8. The molecule has 0 saturated heterocycles. The molecule has 0 aliphatic heterocycles. The number of carboxylic acids is 1. The van der Waals surface area contributed by atoms with Crippen LogP contribution in [0.5, 0.6) is 0 Å². The Kier molecular flexibility index (Phi) is 38.6. The molecule has 10 nitrogen and oxygen atoms in total. The maximum Gasteiger partial charge on any atom is 0.472 e. The number of phosphoric acid groups is 1. The van der Waals surface area contributed by atoms with E-state index in [1.165, 1.54) is 83.5 Å². The van der Waals surface area contributed by atoms with Crippen molar-refractivity contribution in [1.29, 1.82) is 0 Å². The van der Waals surface area contributed by atoms with E-state index in [1.54, 1.807) is 0 Å². The second kappa shape index (κ2) is 40.1. The Balaban J connectivity index is 4.28. The first-order valence-electron chi connectivity index (χ1n) is 21.7. The number of rotatable bonds is 41. The van der Waals surface area contributed by atoms with Crippen molar-refractivity contribution in [2.45, 2.75) is 193 Å². The van der Waals surface area contributed by atoms with Crippen LogP contribution in [0.25, 0.3) is 0 Å². The van der Waals surface area contributed by atoms with E-state index in [4.69, 9.17) is 29.4 Å². The molecule has 320 valence electrons. The summed E-state index contributed by atoms with van der Waals surface area (Å²) in [5.74, 6) is -1.79. The Hall–Kier alpha value is -2.07. The molecule has 0 aromatic carbocycles. The monoisotopic (exact) mass is 798 g/mol. The molecule has 4 N–H and O–H groups in total. The summed E-state index contributed by atoms with van der Waals surface area (Å²) in [5, 5.41) is 8.89. The Morgan fingerprint density at radius 1 is 0.600 bits per heavy atom. The van der Waals surface area contributed by atoms with Gasteiger partial charge in [0.25, 0.3) is 0 Å². The quantitative estimate of drug-likeness (QED) is 0.0236. The van der Waals surface area contributed by atoms with Gasteiger partial charge in [0.1, 0.15) is 12.1 Å². The maximum absolute atomic E-state index is 12.6. The van der Waals surface area contributed by atoms with E-state index in [1.807, 2.05) is 0 Å². The molecule has 11 heteroatoms. The van der Waals surface area contributed by atoms with Gasteiger partial charge in [-0.2, -0.15) is 0 Å². The second-order valence-corrected chi connectivity index (χ2v) is 15.9. The first-order valence-corrected chi connectivity index (χ1v) is 23.2. The number of carboxylic acid groups (broad SMARTS) is 1. The number of hydrogen-bond donors (Lipinski definition) is 3. The van der Waals surface area contributed by atoms with Crippen LogP contribution in [0.2, 0.25) is 0 Å². The molecule has 0 aliphatic rings. The molecule has 0 aliphatic carbocycles. The van der Waals surface area contributed by atoms with Gasteiger partial charge >= 0.3 is 19.8 Å². The molecule has 0 aromatic heterocycles. The Labute approximate surface area is 335 Å². The third-order valence-corrected chi connectivity index (χ3v) is 10.1. The molecule has 3 unspecified atom stereocenters. The predicted molar refractivity (Wildman–Crippen MR) is 226 cm³/mol. The summed E-state index contributed by atoms with van der Waals surface area (Å²) >= 11 is 0. The zero-order valence-corrected chi connectivity index (χ0v) is 35.7. The van der Waals surface area contributed by atoms with Gasteiger partial charge in [0.05, 0.1) is 19.8 Å². The summed E-state index contributed by atoms with van der Waals surface area (Å²) < 4.78 is 33.3. The van der Waals surface area contributed by atoms with Gasteiger partial charge in [-0.25, -0.2) is 4.57 Å².